The Bertz CT molecular complexity index is 445. The van der Waals surface area contributed by atoms with Gasteiger partial charge in [-0.3, -0.25) is 9.59 Å². The Labute approximate surface area is 127 Å². The molecule has 1 rings (SSSR count). The molecule has 0 heterocycles. The van der Waals surface area contributed by atoms with Gasteiger partial charge in [-0.2, -0.15) is 0 Å². The standard InChI is InChI=1S/C17H26N2O2/c1-4-5-9-12-18-17(21)14(2)19(15(3)20)13-16-10-7-6-8-11-16/h6-8,10-11,14H,4-5,9,12-13H2,1-3H3,(H,18,21)/t14-/m0/s1. The average Bonchev–Trinajstić information content (AvgIpc) is 2.49. The predicted molar refractivity (Wildman–Crippen MR) is 84.7 cm³/mol. The molecule has 0 aliphatic carbocycles. The zero-order chi connectivity index (χ0) is 15.7. The molecule has 1 N–H and O–H groups in total. The van der Waals surface area contributed by atoms with Crippen molar-refractivity contribution in [3.05, 3.63) is 35.9 Å². The molecule has 0 aliphatic rings. The highest BCUT2D eigenvalue weighted by atomic mass is 16.2. The van der Waals surface area contributed by atoms with Crippen LogP contribution in [0.4, 0.5) is 0 Å². The Balaban J connectivity index is 2.58. The fourth-order valence-corrected chi connectivity index (χ4v) is 2.18. The van der Waals surface area contributed by atoms with Crippen LogP contribution in [0.5, 0.6) is 0 Å². The summed E-state index contributed by atoms with van der Waals surface area (Å²) in [5.74, 6) is -0.174. The highest BCUT2D eigenvalue weighted by Gasteiger charge is 2.23. The number of rotatable bonds is 8. The molecule has 1 aromatic carbocycles. The number of unbranched alkanes of at least 4 members (excludes halogenated alkanes) is 2. The first-order valence-electron chi connectivity index (χ1n) is 7.65. The Morgan fingerprint density at radius 1 is 1.19 bits per heavy atom. The lowest BCUT2D eigenvalue weighted by Gasteiger charge is -2.27. The van der Waals surface area contributed by atoms with Crippen molar-refractivity contribution >= 4 is 11.8 Å². The number of carbonyl (C=O) groups is 2. The van der Waals surface area contributed by atoms with Gasteiger partial charge in [0.1, 0.15) is 6.04 Å². The molecular formula is C17H26N2O2. The molecule has 0 aliphatic heterocycles. The molecule has 0 unspecified atom stereocenters. The molecule has 0 saturated heterocycles. The first-order chi connectivity index (χ1) is 10.1. The number of benzene rings is 1. The van der Waals surface area contributed by atoms with Gasteiger partial charge < -0.3 is 10.2 Å². The molecule has 0 bridgehead atoms. The normalized spacial score (nSPS) is 11.8. The highest BCUT2D eigenvalue weighted by molar-refractivity contribution is 5.86. The summed E-state index contributed by atoms with van der Waals surface area (Å²) in [6, 6.07) is 9.27. The van der Waals surface area contributed by atoms with Gasteiger partial charge >= 0.3 is 0 Å². The van der Waals surface area contributed by atoms with Crippen LogP contribution in [0.2, 0.25) is 0 Å². The lowest BCUT2D eigenvalue weighted by atomic mass is 10.1. The van der Waals surface area contributed by atoms with Crippen LogP contribution in [0.3, 0.4) is 0 Å². The highest BCUT2D eigenvalue weighted by Crippen LogP contribution is 2.09. The van der Waals surface area contributed by atoms with Gasteiger partial charge in [-0.15, -0.1) is 0 Å². The lowest BCUT2D eigenvalue weighted by Crippen LogP contribution is -2.47. The summed E-state index contributed by atoms with van der Waals surface area (Å²) in [6.45, 7) is 6.54. The average molecular weight is 290 g/mol. The van der Waals surface area contributed by atoms with E-state index in [-0.39, 0.29) is 11.8 Å². The second-order valence-corrected chi connectivity index (χ2v) is 5.31. The van der Waals surface area contributed by atoms with E-state index >= 15 is 0 Å². The molecular weight excluding hydrogens is 264 g/mol. The maximum Gasteiger partial charge on any atom is 0.242 e. The van der Waals surface area contributed by atoms with E-state index in [1.54, 1.807) is 11.8 Å². The molecule has 0 aromatic heterocycles. The van der Waals surface area contributed by atoms with Gasteiger partial charge in [0.05, 0.1) is 0 Å². The van der Waals surface area contributed by atoms with E-state index in [0.29, 0.717) is 13.1 Å². The summed E-state index contributed by atoms with van der Waals surface area (Å²) in [4.78, 5) is 25.6. The minimum Gasteiger partial charge on any atom is -0.354 e. The van der Waals surface area contributed by atoms with Gasteiger partial charge in [0.2, 0.25) is 11.8 Å². The van der Waals surface area contributed by atoms with E-state index in [2.05, 4.69) is 12.2 Å². The molecule has 0 spiro atoms. The summed E-state index contributed by atoms with van der Waals surface area (Å²) in [6.07, 6.45) is 3.21. The minimum absolute atomic E-state index is 0.0859. The summed E-state index contributed by atoms with van der Waals surface area (Å²) in [5, 5.41) is 2.91. The molecule has 0 saturated carbocycles. The summed E-state index contributed by atoms with van der Waals surface area (Å²) >= 11 is 0. The van der Waals surface area contributed by atoms with Crippen molar-refractivity contribution in [3.8, 4) is 0 Å². The first-order valence-corrected chi connectivity index (χ1v) is 7.65. The van der Waals surface area contributed by atoms with E-state index in [9.17, 15) is 9.59 Å². The number of hydrogen-bond acceptors (Lipinski definition) is 2. The number of amides is 2. The van der Waals surface area contributed by atoms with Crippen LogP contribution in [0.1, 0.15) is 45.6 Å². The summed E-state index contributed by atoms with van der Waals surface area (Å²) in [5.41, 5.74) is 1.03. The van der Waals surface area contributed by atoms with Crippen molar-refractivity contribution < 1.29 is 9.59 Å². The molecule has 0 fully saturated rings. The molecule has 116 valence electrons. The van der Waals surface area contributed by atoms with Gasteiger partial charge in [-0.05, 0) is 18.9 Å². The Kier molecular flexibility index (Phi) is 7.51. The van der Waals surface area contributed by atoms with Crippen molar-refractivity contribution in [2.45, 2.75) is 52.6 Å². The predicted octanol–water partition coefficient (Wildman–Crippen LogP) is 2.73. The van der Waals surface area contributed by atoms with E-state index in [4.69, 9.17) is 0 Å². The van der Waals surface area contributed by atoms with Gasteiger partial charge in [0.25, 0.3) is 0 Å². The molecule has 0 radical (unpaired) electrons. The second kappa shape index (κ2) is 9.16. The van der Waals surface area contributed by atoms with Gasteiger partial charge in [-0.1, -0.05) is 50.1 Å². The maximum atomic E-state index is 12.1. The third-order valence-electron chi connectivity index (χ3n) is 3.53. The van der Waals surface area contributed by atoms with Crippen molar-refractivity contribution in [3.63, 3.8) is 0 Å². The Morgan fingerprint density at radius 2 is 1.86 bits per heavy atom. The third kappa shape index (κ3) is 5.98. The lowest BCUT2D eigenvalue weighted by molar-refractivity contribution is -0.138. The van der Waals surface area contributed by atoms with Crippen LogP contribution in [0.15, 0.2) is 30.3 Å². The smallest absolute Gasteiger partial charge is 0.242 e. The largest absolute Gasteiger partial charge is 0.354 e. The fourth-order valence-electron chi connectivity index (χ4n) is 2.18. The van der Waals surface area contributed by atoms with Crippen LogP contribution < -0.4 is 5.32 Å². The topological polar surface area (TPSA) is 49.4 Å². The number of hydrogen-bond donors (Lipinski definition) is 1. The molecule has 1 aromatic rings. The molecule has 2 amide bonds. The first kappa shape index (κ1) is 17.2. The van der Waals surface area contributed by atoms with Crippen LogP contribution >= 0.6 is 0 Å². The Hall–Kier alpha value is -1.84. The zero-order valence-electron chi connectivity index (χ0n) is 13.3. The van der Waals surface area contributed by atoms with Gasteiger partial charge in [0.15, 0.2) is 0 Å². The van der Waals surface area contributed by atoms with Crippen LogP contribution in [-0.2, 0) is 16.1 Å². The Morgan fingerprint density at radius 3 is 2.43 bits per heavy atom. The summed E-state index contributed by atoms with van der Waals surface area (Å²) < 4.78 is 0. The number of carbonyl (C=O) groups excluding carboxylic acids is 2. The van der Waals surface area contributed by atoms with Crippen molar-refractivity contribution in [1.82, 2.24) is 10.2 Å². The van der Waals surface area contributed by atoms with E-state index in [1.165, 1.54) is 6.92 Å². The quantitative estimate of drug-likeness (QED) is 0.748. The molecule has 1 atom stereocenters. The molecule has 4 nitrogen and oxygen atoms in total. The second-order valence-electron chi connectivity index (χ2n) is 5.31. The van der Waals surface area contributed by atoms with Crippen molar-refractivity contribution in [1.29, 1.82) is 0 Å². The SMILES string of the molecule is CCCCCNC(=O)[C@H](C)N(Cc1ccccc1)C(C)=O. The number of nitrogens with zero attached hydrogens (tertiary/aromatic N) is 1. The number of nitrogens with one attached hydrogen (secondary N) is 1. The molecule has 21 heavy (non-hydrogen) atoms. The van der Waals surface area contributed by atoms with E-state index in [1.807, 2.05) is 30.3 Å². The monoisotopic (exact) mass is 290 g/mol. The molecule has 4 heteroatoms. The van der Waals surface area contributed by atoms with Crippen LogP contribution in [0.25, 0.3) is 0 Å². The van der Waals surface area contributed by atoms with Crippen molar-refractivity contribution in [2.24, 2.45) is 0 Å². The van der Waals surface area contributed by atoms with Gasteiger partial charge in [0, 0.05) is 20.0 Å². The third-order valence-corrected chi connectivity index (χ3v) is 3.53. The van der Waals surface area contributed by atoms with E-state index in [0.717, 1.165) is 24.8 Å². The van der Waals surface area contributed by atoms with Gasteiger partial charge in [-0.25, -0.2) is 0 Å². The van der Waals surface area contributed by atoms with E-state index < -0.39 is 6.04 Å². The van der Waals surface area contributed by atoms with Crippen LogP contribution in [0, 0.1) is 0 Å². The summed E-state index contributed by atoms with van der Waals surface area (Å²) in [7, 11) is 0. The maximum absolute atomic E-state index is 12.1. The van der Waals surface area contributed by atoms with Crippen LogP contribution in [-0.4, -0.2) is 29.3 Å². The van der Waals surface area contributed by atoms with Crippen molar-refractivity contribution in [2.75, 3.05) is 6.54 Å². The fraction of sp³-hybridized carbons (Fsp3) is 0.529. The minimum atomic E-state index is -0.454. The zero-order valence-corrected chi connectivity index (χ0v) is 13.3.